The Labute approximate surface area is 172 Å². The Morgan fingerprint density at radius 3 is 3.07 bits per heavy atom. The van der Waals surface area contributed by atoms with E-state index >= 15 is 0 Å². The lowest BCUT2D eigenvalue weighted by Gasteiger charge is -2.21. The summed E-state index contributed by atoms with van der Waals surface area (Å²) in [5, 5.41) is 4.02. The SMILES string of the molecule is Cn1cncc1C(=O)N/N=C/CC1=C(F)C(OC2=CC=CC(Cl)C2)=C(Cl)CC1. The van der Waals surface area contributed by atoms with Crippen LogP contribution in [0.3, 0.4) is 0 Å². The molecule has 2 aliphatic carbocycles. The smallest absolute Gasteiger partial charge is 0.289 e. The quantitative estimate of drug-likeness (QED) is 0.416. The van der Waals surface area contributed by atoms with Gasteiger partial charge in [-0.1, -0.05) is 23.8 Å². The number of carbonyl (C=O) groups is 1. The van der Waals surface area contributed by atoms with Gasteiger partial charge in [-0.05, 0) is 24.5 Å². The van der Waals surface area contributed by atoms with Crippen molar-refractivity contribution in [3.63, 3.8) is 0 Å². The first-order chi connectivity index (χ1) is 13.5. The first kappa shape index (κ1) is 20.4. The number of aryl methyl sites for hydroxylation is 1. The maximum Gasteiger partial charge on any atom is 0.289 e. The molecule has 6 nitrogen and oxygen atoms in total. The largest absolute Gasteiger partial charge is 0.457 e. The summed E-state index contributed by atoms with van der Waals surface area (Å²) in [6, 6.07) is 0. The molecule has 1 atom stereocenters. The Morgan fingerprint density at radius 2 is 2.36 bits per heavy atom. The number of alkyl halides is 1. The van der Waals surface area contributed by atoms with E-state index in [0.29, 0.717) is 41.3 Å². The van der Waals surface area contributed by atoms with E-state index in [0.717, 1.165) is 0 Å². The van der Waals surface area contributed by atoms with Crippen molar-refractivity contribution in [1.82, 2.24) is 15.0 Å². The van der Waals surface area contributed by atoms with Gasteiger partial charge >= 0.3 is 0 Å². The van der Waals surface area contributed by atoms with Crippen LogP contribution in [0.5, 0.6) is 0 Å². The fourth-order valence-corrected chi connectivity index (χ4v) is 3.22. The standard InChI is InChI=1S/C19H19Cl2FN4O2/c1-26-11-23-10-16(26)19(27)25-24-8-7-12-5-6-15(21)18(17(12)22)28-14-4-2-3-13(20)9-14/h2-4,8,10-11,13H,5-7,9H2,1H3,(H,25,27)/b24-8+. The number of hydrogen-bond acceptors (Lipinski definition) is 4. The number of aromatic nitrogens is 2. The second-order valence-electron chi connectivity index (χ2n) is 6.34. The van der Waals surface area contributed by atoms with Crippen LogP contribution in [0.15, 0.2) is 63.8 Å². The molecule has 1 aromatic rings. The van der Waals surface area contributed by atoms with Crippen LogP contribution in [0.1, 0.15) is 36.2 Å². The molecule has 2 aliphatic rings. The maximum atomic E-state index is 14.9. The number of nitrogens with one attached hydrogen (secondary N) is 1. The van der Waals surface area contributed by atoms with Crippen LogP contribution in [0.2, 0.25) is 0 Å². The van der Waals surface area contributed by atoms with E-state index in [2.05, 4.69) is 15.5 Å². The molecule has 1 N–H and O–H groups in total. The van der Waals surface area contributed by atoms with Gasteiger partial charge in [-0.15, -0.1) is 11.6 Å². The number of hydrogen-bond donors (Lipinski definition) is 1. The zero-order valence-electron chi connectivity index (χ0n) is 15.2. The average Bonchev–Trinajstić information content (AvgIpc) is 3.10. The summed E-state index contributed by atoms with van der Waals surface area (Å²) in [5.41, 5.74) is 3.27. The molecule has 0 saturated carbocycles. The summed E-state index contributed by atoms with van der Waals surface area (Å²) in [5.74, 6) is -0.304. The second-order valence-corrected chi connectivity index (χ2v) is 7.35. The molecule has 0 aliphatic heterocycles. The minimum Gasteiger partial charge on any atom is -0.457 e. The number of nitrogens with zero attached hydrogens (tertiary/aromatic N) is 3. The molecule has 0 bridgehead atoms. The molecule has 0 aromatic carbocycles. The number of hydrazone groups is 1. The van der Waals surface area contributed by atoms with Crippen molar-refractivity contribution in [2.45, 2.75) is 31.1 Å². The molecule has 1 heterocycles. The van der Waals surface area contributed by atoms with E-state index in [1.807, 2.05) is 6.08 Å². The number of imidazole rings is 1. The van der Waals surface area contributed by atoms with Crippen molar-refractivity contribution in [1.29, 1.82) is 0 Å². The maximum absolute atomic E-state index is 14.9. The highest BCUT2D eigenvalue weighted by Gasteiger charge is 2.24. The minimum atomic E-state index is -0.498. The van der Waals surface area contributed by atoms with E-state index in [9.17, 15) is 9.18 Å². The van der Waals surface area contributed by atoms with Crippen molar-refractivity contribution in [3.8, 4) is 0 Å². The molecule has 0 radical (unpaired) electrons. The number of rotatable bonds is 6. The summed E-state index contributed by atoms with van der Waals surface area (Å²) in [4.78, 5) is 15.8. The van der Waals surface area contributed by atoms with Gasteiger partial charge < -0.3 is 9.30 Å². The lowest BCUT2D eigenvalue weighted by molar-refractivity contribution is 0.0947. The zero-order chi connectivity index (χ0) is 20.1. The number of amides is 1. The fourth-order valence-electron chi connectivity index (χ4n) is 2.77. The van der Waals surface area contributed by atoms with Gasteiger partial charge in [-0.3, -0.25) is 4.79 Å². The molecule has 0 fully saturated rings. The van der Waals surface area contributed by atoms with Crippen molar-refractivity contribution in [2.75, 3.05) is 0 Å². The molecule has 1 amide bonds. The molecule has 0 saturated heterocycles. The zero-order valence-corrected chi connectivity index (χ0v) is 16.7. The van der Waals surface area contributed by atoms with E-state index in [4.69, 9.17) is 27.9 Å². The van der Waals surface area contributed by atoms with E-state index in [-0.39, 0.29) is 17.6 Å². The van der Waals surface area contributed by atoms with Gasteiger partial charge in [0, 0.05) is 26.1 Å². The van der Waals surface area contributed by atoms with Crippen LogP contribution in [0.4, 0.5) is 4.39 Å². The summed E-state index contributed by atoms with van der Waals surface area (Å²) in [6.45, 7) is 0. The number of ether oxygens (including phenoxy) is 1. The van der Waals surface area contributed by atoms with Crippen LogP contribution in [-0.4, -0.2) is 27.0 Å². The predicted molar refractivity (Wildman–Crippen MR) is 107 cm³/mol. The van der Waals surface area contributed by atoms with Gasteiger partial charge in [0.2, 0.25) is 0 Å². The topological polar surface area (TPSA) is 68.5 Å². The van der Waals surface area contributed by atoms with Gasteiger partial charge in [0.25, 0.3) is 5.91 Å². The van der Waals surface area contributed by atoms with Crippen LogP contribution in [0, 0.1) is 0 Å². The Hall–Kier alpha value is -2.38. The lowest BCUT2D eigenvalue weighted by Crippen LogP contribution is -2.20. The van der Waals surface area contributed by atoms with E-state index in [1.54, 1.807) is 23.8 Å². The Balaban J connectivity index is 1.62. The summed E-state index contributed by atoms with van der Waals surface area (Å²) in [7, 11) is 1.70. The second kappa shape index (κ2) is 9.21. The summed E-state index contributed by atoms with van der Waals surface area (Å²) in [6.07, 6.45) is 11.4. The highest BCUT2D eigenvalue weighted by Crippen LogP contribution is 2.37. The molecule has 0 spiro atoms. The molecular weight excluding hydrogens is 406 g/mol. The average molecular weight is 425 g/mol. The summed E-state index contributed by atoms with van der Waals surface area (Å²) >= 11 is 12.2. The molecule has 1 unspecified atom stereocenters. The molecule has 148 valence electrons. The van der Waals surface area contributed by atoms with Crippen LogP contribution < -0.4 is 5.43 Å². The Morgan fingerprint density at radius 1 is 1.54 bits per heavy atom. The number of allylic oxidation sites excluding steroid dienone is 7. The molecular formula is C19H19Cl2FN4O2. The number of carbonyl (C=O) groups excluding carboxylic acids is 1. The third kappa shape index (κ3) is 4.91. The van der Waals surface area contributed by atoms with Crippen molar-refractivity contribution < 1.29 is 13.9 Å². The van der Waals surface area contributed by atoms with Crippen molar-refractivity contribution in [3.05, 3.63) is 64.4 Å². The van der Waals surface area contributed by atoms with Crippen molar-refractivity contribution >= 4 is 35.3 Å². The summed E-state index contributed by atoms with van der Waals surface area (Å²) < 4.78 is 22.1. The molecule has 3 rings (SSSR count). The monoisotopic (exact) mass is 424 g/mol. The normalized spacial score (nSPS) is 20.0. The first-order valence-corrected chi connectivity index (χ1v) is 9.51. The predicted octanol–water partition coefficient (Wildman–Crippen LogP) is 4.46. The minimum absolute atomic E-state index is 0.0284. The fraction of sp³-hybridized carbons (Fsp3) is 0.316. The third-order valence-corrected chi connectivity index (χ3v) is 4.94. The Kier molecular flexibility index (Phi) is 6.70. The molecule has 9 heteroatoms. The Bertz CT molecular complexity index is 915. The van der Waals surface area contributed by atoms with Crippen LogP contribution in [-0.2, 0) is 11.8 Å². The van der Waals surface area contributed by atoms with Crippen molar-refractivity contribution in [2.24, 2.45) is 12.1 Å². The first-order valence-electron chi connectivity index (χ1n) is 8.69. The van der Waals surface area contributed by atoms with E-state index < -0.39 is 11.7 Å². The van der Waals surface area contributed by atoms with Crippen LogP contribution >= 0.6 is 23.2 Å². The van der Waals surface area contributed by atoms with Gasteiger partial charge in [0.1, 0.15) is 11.5 Å². The van der Waals surface area contributed by atoms with Gasteiger partial charge in [-0.25, -0.2) is 14.8 Å². The van der Waals surface area contributed by atoms with Crippen LogP contribution in [0.25, 0.3) is 0 Å². The lowest BCUT2D eigenvalue weighted by atomic mass is 10.00. The third-order valence-electron chi connectivity index (χ3n) is 4.28. The molecule has 1 aromatic heterocycles. The van der Waals surface area contributed by atoms with Gasteiger partial charge in [-0.2, -0.15) is 5.10 Å². The molecule has 28 heavy (non-hydrogen) atoms. The highest BCUT2D eigenvalue weighted by atomic mass is 35.5. The highest BCUT2D eigenvalue weighted by molar-refractivity contribution is 6.30. The van der Waals surface area contributed by atoms with Gasteiger partial charge in [0.15, 0.2) is 11.6 Å². The van der Waals surface area contributed by atoms with E-state index in [1.165, 1.54) is 18.7 Å². The van der Waals surface area contributed by atoms with Gasteiger partial charge in [0.05, 0.1) is 22.9 Å². The number of halogens is 3.